The van der Waals surface area contributed by atoms with E-state index in [-0.39, 0.29) is 11.8 Å². The van der Waals surface area contributed by atoms with E-state index >= 15 is 0 Å². The lowest BCUT2D eigenvalue weighted by atomic mass is 9.87. The van der Waals surface area contributed by atoms with Crippen LogP contribution < -0.4 is 9.64 Å². The highest BCUT2D eigenvalue weighted by Gasteiger charge is 2.28. The second kappa shape index (κ2) is 13.6. The lowest BCUT2D eigenvalue weighted by Gasteiger charge is -2.37. The van der Waals surface area contributed by atoms with Gasteiger partial charge in [-0.15, -0.1) is 0 Å². The number of anilines is 1. The van der Waals surface area contributed by atoms with Crippen LogP contribution in [0.4, 0.5) is 5.69 Å². The van der Waals surface area contributed by atoms with Crippen molar-refractivity contribution in [2.45, 2.75) is 18.9 Å². The number of aromatic nitrogens is 1. The Balaban J connectivity index is 1.21. The Morgan fingerprint density at radius 2 is 1.39 bits per heavy atom. The van der Waals surface area contributed by atoms with Crippen molar-refractivity contribution >= 4 is 34.1 Å². The predicted molar refractivity (Wildman–Crippen MR) is 187 cm³/mol. The molecule has 1 amide bonds. The van der Waals surface area contributed by atoms with Crippen molar-refractivity contribution in [3.63, 3.8) is 0 Å². The smallest absolute Gasteiger partial charge is 0.223 e. The third kappa shape index (κ3) is 6.51. The molecule has 2 heterocycles. The first-order valence-corrected chi connectivity index (χ1v) is 16.2. The van der Waals surface area contributed by atoms with Gasteiger partial charge in [0.15, 0.2) is 0 Å². The predicted octanol–water partition coefficient (Wildman–Crippen LogP) is 9.01. The third-order valence-electron chi connectivity index (χ3n) is 8.83. The van der Waals surface area contributed by atoms with E-state index in [0.717, 1.165) is 63.9 Å². The quantitative estimate of drug-likeness (QED) is 0.161. The summed E-state index contributed by atoms with van der Waals surface area (Å²) in [6.45, 7) is 3.56. The summed E-state index contributed by atoms with van der Waals surface area (Å²) in [7, 11) is 0. The first-order chi connectivity index (χ1) is 22.6. The van der Waals surface area contributed by atoms with E-state index < -0.39 is 0 Å². The molecule has 46 heavy (non-hydrogen) atoms. The molecule has 7 rings (SSSR count). The number of amides is 1. The fourth-order valence-electron chi connectivity index (χ4n) is 6.50. The van der Waals surface area contributed by atoms with E-state index in [9.17, 15) is 4.79 Å². The number of rotatable bonds is 9. The average molecular weight is 626 g/mol. The van der Waals surface area contributed by atoms with Gasteiger partial charge in [-0.2, -0.15) is 0 Å². The number of nitrogens with zero attached hydrogens (tertiary/aromatic N) is 3. The van der Waals surface area contributed by atoms with Gasteiger partial charge in [0.1, 0.15) is 11.5 Å². The van der Waals surface area contributed by atoms with Gasteiger partial charge >= 0.3 is 0 Å². The molecule has 0 unspecified atom stereocenters. The summed E-state index contributed by atoms with van der Waals surface area (Å²) in [5.74, 6) is 1.53. The number of fused-ring (bicyclic) bond motifs is 1. The van der Waals surface area contributed by atoms with Crippen LogP contribution in [-0.2, 0) is 11.3 Å². The Bertz CT molecular complexity index is 1930. The lowest BCUT2D eigenvalue weighted by molar-refractivity contribution is -0.131. The summed E-state index contributed by atoms with van der Waals surface area (Å²) in [6, 6.07) is 45.0. The molecule has 1 aliphatic rings. The Morgan fingerprint density at radius 1 is 0.717 bits per heavy atom. The zero-order valence-corrected chi connectivity index (χ0v) is 26.4. The molecule has 6 heteroatoms. The van der Waals surface area contributed by atoms with Crippen LogP contribution in [0.1, 0.15) is 29.0 Å². The van der Waals surface area contributed by atoms with Gasteiger partial charge in [-0.05, 0) is 59.2 Å². The molecule has 0 spiro atoms. The first kappa shape index (κ1) is 29.7. The second-order valence-electron chi connectivity index (χ2n) is 11.8. The number of para-hydroxylation sites is 3. The minimum absolute atomic E-state index is 0.151. The molecule has 5 nitrogen and oxygen atoms in total. The van der Waals surface area contributed by atoms with E-state index in [1.54, 1.807) is 0 Å². The number of carbonyl (C=O) groups is 1. The van der Waals surface area contributed by atoms with Gasteiger partial charge in [0, 0.05) is 62.2 Å². The zero-order valence-electron chi connectivity index (χ0n) is 25.6. The minimum atomic E-state index is -0.157. The number of hydrogen-bond donors (Lipinski definition) is 0. The fraction of sp³-hybridized carbons (Fsp3) is 0.175. The maximum absolute atomic E-state index is 14.1. The number of piperazine rings is 1. The lowest BCUT2D eigenvalue weighted by Crippen LogP contribution is -2.49. The number of carbonyl (C=O) groups excluding carboxylic acids is 1. The molecule has 0 saturated carbocycles. The van der Waals surface area contributed by atoms with Gasteiger partial charge in [-0.3, -0.25) is 4.79 Å². The Morgan fingerprint density at radius 3 is 2.17 bits per heavy atom. The van der Waals surface area contributed by atoms with Crippen LogP contribution in [0, 0.1) is 0 Å². The number of halogens is 1. The molecule has 1 saturated heterocycles. The van der Waals surface area contributed by atoms with Gasteiger partial charge < -0.3 is 19.1 Å². The molecule has 5 aromatic carbocycles. The van der Waals surface area contributed by atoms with Crippen molar-refractivity contribution in [3.8, 4) is 11.5 Å². The van der Waals surface area contributed by atoms with Crippen molar-refractivity contribution in [3.05, 3.63) is 161 Å². The van der Waals surface area contributed by atoms with Crippen molar-refractivity contribution in [1.82, 2.24) is 9.47 Å². The van der Waals surface area contributed by atoms with E-state index in [2.05, 4.69) is 76.3 Å². The van der Waals surface area contributed by atoms with Gasteiger partial charge in [0.25, 0.3) is 0 Å². The number of ether oxygens (including phenoxy) is 1. The maximum atomic E-state index is 14.1. The Labute approximate surface area is 275 Å². The Hall–Kier alpha value is -5.00. The number of hydrogen-bond acceptors (Lipinski definition) is 3. The average Bonchev–Trinajstić information content (AvgIpc) is 3.46. The molecule has 0 bridgehead atoms. The van der Waals surface area contributed by atoms with Gasteiger partial charge in [-0.25, -0.2) is 0 Å². The largest absolute Gasteiger partial charge is 0.457 e. The van der Waals surface area contributed by atoms with Gasteiger partial charge in [0.2, 0.25) is 5.91 Å². The molecule has 230 valence electrons. The van der Waals surface area contributed by atoms with Gasteiger partial charge in [-0.1, -0.05) is 103 Å². The summed E-state index contributed by atoms with van der Waals surface area (Å²) in [5, 5.41) is 1.90. The van der Waals surface area contributed by atoms with Crippen LogP contribution in [0.3, 0.4) is 0 Å². The summed E-state index contributed by atoms with van der Waals surface area (Å²) < 4.78 is 8.55. The highest BCUT2D eigenvalue weighted by molar-refractivity contribution is 6.33. The zero-order chi connectivity index (χ0) is 31.3. The van der Waals surface area contributed by atoms with Crippen LogP contribution in [0.25, 0.3) is 10.9 Å². The van der Waals surface area contributed by atoms with Crippen LogP contribution in [0.5, 0.6) is 11.5 Å². The SMILES string of the molecule is O=C(C[C@H](c1cccc(Oc2ccccc2)c1)c1cn(Cc2ccccc2)c2ccccc12)N1CCN(c2ccccc2Cl)CC1. The van der Waals surface area contributed by atoms with Crippen LogP contribution in [0.15, 0.2) is 140 Å². The fourth-order valence-corrected chi connectivity index (χ4v) is 6.75. The molecule has 1 atom stereocenters. The van der Waals surface area contributed by atoms with Gasteiger partial charge in [0.05, 0.1) is 10.7 Å². The minimum Gasteiger partial charge on any atom is -0.457 e. The Kier molecular flexibility index (Phi) is 8.75. The maximum Gasteiger partial charge on any atom is 0.223 e. The molecule has 0 radical (unpaired) electrons. The van der Waals surface area contributed by atoms with Crippen LogP contribution >= 0.6 is 11.6 Å². The second-order valence-corrected chi connectivity index (χ2v) is 12.2. The van der Waals surface area contributed by atoms with E-state index in [4.69, 9.17) is 16.3 Å². The summed E-state index contributed by atoms with van der Waals surface area (Å²) in [5.41, 5.74) is 5.61. The first-order valence-electron chi connectivity index (χ1n) is 15.8. The molecule has 1 fully saturated rings. The monoisotopic (exact) mass is 625 g/mol. The summed E-state index contributed by atoms with van der Waals surface area (Å²) >= 11 is 6.49. The molecular formula is C40H36ClN3O2. The highest BCUT2D eigenvalue weighted by atomic mass is 35.5. The normalized spacial score (nSPS) is 13.9. The summed E-state index contributed by atoms with van der Waals surface area (Å²) in [4.78, 5) is 18.4. The molecule has 6 aromatic rings. The molecule has 0 aliphatic carbocycles. The van der Waals surface area contributed by atoms with E-state index in [1.165, 1.54) is 5.56 Å². The molecule has 1 aliphatic heterocycles. The standard InChI is InChI=1S/C40H36ClN3O2/c41-37-19-8-10-21-39(37)42-22-24-43(25-23-42)40(45)27-35(31-14-11-17-33(26-31)46-32-15-5-2-6-16-32)36-29-44(28-30-12-3-1-4-13-30)38-20-9-7-18-34(36)38/h1-21,26,29,35H,22-25,27-28H2/t35-/m1/s1. The third-order valence-corrected chi connectivity index (χ3v) is 9.15. The van der Waals surface area contributed by atoms with Crippen LogP contribution in [0.2, 0.25) is 5.02 Å². The highest BCUT2D eigenvalue weighted by Crippen LogP contribution is 2.37. The van der Waals surface area contributed by atoms with Crippen LogP contribution in [-0.4, -0.2) is 41.6 Å². The van der Waals surface area contributed by atoms with Crippen molar-refractivity contribution in [1.29, 1.82) is 0 Å². The topological polar surface area (TPSA) is 37.7 Å². The van der Waals surface area contributed by atoms with E-state index in [0.29, 0.717) is 19.5 Å². The van der Waals surface area contributed by atoms with Crippen molar-refractivity contribution in [2.75, 3.05) is 31.1 Å². The summed E-state index contributed by atoms with van der Waals surface area (Å²) in [6.07, 6.45) is 2.61. The molecular weight excluding hydrogens is 590 g/mol. The number of benzene rings is 5. The van der Waals surface area contributed by atoms with Crippen molar-refractivity contribution < 1.29 is 9.53 Å². The molecule has 0 N–H and O–H groups in total. The van der Waals surface area contributed by atoms with Crippen molar-refractivity contribution in [2.24, 2.45) is 0 Å². The van der Waals surface area contributed by atoms with E-state index in [1.807, 2.05) is 77.7 Å². The molecule has 1 aromatic heterocycles.